The van der Waals surface area contributed by atoms with Gasteiger partial charge in [0.15, 0.2) is 0 Å². The van der Waals surface area contributed by atoms with E-state index in [0.717, 1.165) is 5.69 Å². The molecule has 4 nitrogen and oxygen atoms in total. The Morgan fingerprint density at radius 3 is 2.38 bits per heavy atom. The van der Waals surface area contributed by atoms with Crippen LogP contribution in [0, 0.1) is 11.3 Å². The first kappa shape index (κ1) is 16.3. The molecule has 0 aliphatic heterocycles. The average Bonchev–Trinajstić information content (AvgIpc) is 2.70. The minimum absolute atomic E-state index is 0.0883. The summed E-state index contributed by atoms with van der Waals surface area (Å²) in [6, 6.07) is 11.5. The number of rotatable bonds is 3. The number of amides is 1. The molecule has 0 saturated carbocycles. The molecule has 1 aromatic heterocycles. The lowest BCUT2D eigenvalue weighted by molar-refractivity contribution is -0.118. The highest BCUT2D eigenvalue weighted by atomic mass is 79.9. The Morgan fingerprint density at radius 1 is 1.24 bits per heavy atom. The number of nitriles is 1. The number of benzene rings is 1. The third-order valence-electron chi connectivity index (χ3n) is 3.00. The number of hydrogen-bond donors (Lipinski definition) is 0. The third-order valence-corrected chi connectivity index (χ3v) is 5.96. The molecule has 0 unspecified atom stereocenters. The van der Waals surface area contributed by atoms with E-state index in [1.165, 1.54) is 0 Å². The van der Waals surface area contributed by atoms with E-state index in [0.29, 0.717) is 19.2 Å². The van der Waals surface area contributed by atoms with Crippen LogP contribution in [-0.2, 0) is 11.3 Å². The molecule has 7 heteroatoms. The summed E-state index contributed by atoms with van der Waals surface area (Å²) in [5, 5.41) is 9.12. The van der Waals surface area contributed by atoms with Crippen molar-refractivity contribution in [3.05, 3.63) is 49.6 Å². The number of likely N-dealkylation sites (N-methyl/N-ethyl adjacent to an activating group) is 1. The summed E-state index contributed by atoms with van der Waals surface area (Å²) in [6.45, 7) is 0.118. The molecule has 0 atom stereocenters. The maximum Gasteiger partial charge on any atom is 0.246 e. The van der Waals surface area contributed by atoms with Gasteiger partial charge in [-0.1, -0.05) is 18.2 Å². The summed E-state index contributed by atoms with van der Waals surface area (Å²) in [4.78, 5) is 14.0. The molecule has 0 fully saturated rings. The van der Waals surface area contributed by atoms with E-state index in [1.54, 1.807) is 16.5 Å². The van der Waals surface area contributed by atoms with Crippen LogP contribution in [0.3, 0.4) is 0 Å². The van der Waals surface area contributed by atoms with Crippen LogP contribution in [0.5, 0.6) is 0 Å². The van der Waals surface area contributed by atoms with Gasteiger partial charge in [-0.3, -0.25) is 4.79 Å². The molecule has 2 aromatic rings. The van der Waals surface area contributed by atoms with Gasteiger partial charge in [0, 0.05) is 12.7 Å². The van der Waals surface area contributed by atoms with Crippen molar-refractivity contribution in [1.82, 2.24) is 4.57 Å². The van der Waals surface area contributed by atoms with E-state index in [2.05, 4.69) is 53.9 Å². The first-order chi connectivity index (χ1) is 9.97. The Balaban J connectivity index is 2.27. The topological polar surface area (TPSA) is 49.0 Å². The van der Waals surface area contributed by atoms with Gasteiger partial charge in [-0.25, -0.2) is 0 Å². The molecule has 0 aliphatic carbocycles. The standard InChI is InChI=1S/C14H10Br3N3O/c1-19(9-5-3-2-4-6-9)11(21)8-20-13(16)10(7-18)12(15)14(20)17/h2-6H,8H2,1H3. The van der Waals surface area contributed by atoms with E-state index in [1.807, 2.05) is 30.3 Å². The SMILES string of the molecule is CN(C(=O)Cn1c(Br)c(Br)c(C#N)c1Br)c1ccccc1. The molecule has 2 rings (SSSR count). The summed E-state index contributed by atoms with van der Waals surface area (Å²) in [6.07, 6.45) is 0. The molecule has 0 saturated heterocycles. The number of nitrogens with zero attached hydrogens (tertiary/aromatic N) is 3. The molecule has 0 bridgehead atoms. The number of para-hydroxylation sites is 1. The predicted octanol–water partition coefficient (Wildman–Crippen LogP) is 4.31. The Kier molecular flexibility index (Phi) is 5.25. The fourth-order valence-corrected chi connectivity index (χ4v) is 3.89. The third kappa shape index (κ3) is 3.23. The van der Waals surface area contributed by atoms with Gasteiger partial charge >= 0.3 is 0 Å². The van der Waals surface area contributed by atoms with Gasteiger partial charge in [0.05, 0.1) is 10.0 Å². The normalized spacial score (nSPS) is 10.2. The summed E-state index contributed by atoms with van der Waals surface area (Å²) < 4.78 is 3.55. The van der Waals surface area contributed by atoms with E-state index >= 15 is 0 Å². The quantitative estimate of drug-likeness (QED) is 0.664. The fourth-order valence-electron chi connectivity index (χ4n) is 1.80. The molecule has 0 aliphatic rings. The zero-order chi connectivity index (χ0) is 15.6. The molecular weight excluding hydrogens is 466 g/mol. The van der Waals surface area contributed by atoms with Crippen LogP contribution < -0.4 is 4.90 Å². The van der Waals surface area contributed by atoms with Crippen LogP contribution in [0.15, 0.2) is 44.0 Å². The Morgan fingerprint density at radius 2 is 1.86 bits per heavy atom. The van der Waals surface area contributed by atoms with Crippen molar-refractivity contribution in [3.63, 3.8) is 0 Å². The highest BCUT2D eigenvalue weighted by Gasteiger charge is 2.21. The summed E-state index contributed by atoms with van der Waals surface area (Å²) in [7, 11) is 1.73. The Bertz CT molecular complexity index is 719. The van der Waals surface area contributed by atoms with Crippen molar-refractivity contribution >= 4 is 59.4 Å². The van der Waals surface area contributed by atoms with Crippen molar-refractivity contribution in [2.24, 2.45) is 0 Å². The second kappa shape index (κ2) is 6.77. The van der Waals surface area contributed by atoms with Crippen molar-refractivity contribution in [3.8, 4) is 6.07 Å². The Labute approximate surface area is 147 Å². The van der Waals surface area contributed by atoms with Crippen molar-refractivity contribution in [1.29, 1.82) is 5.26 Å². The summed E-state index contributed by atoms with van der Waals surface area (Å²) >= 11 is 10.1. The number of carbonyl (C=O) groups is 1. The van der Waals surface area contributed by atoms with Crippen molar-refractivity contribution in [2.75, 3.05) is 11.9 Å². The maximum absolute atomic E-state index is 12.4. The molecule has 1 aromatic carbocycles. The summed E-state index contributed by atoms with van der Waals surface area (Å²) in [5.41, 5.74) is 1.28. The lowest BCUT2D eigenvalue weighted by atomic mass is 10.3. The van der Waals surface area contributed by atoms with E-state index in [4.69, 9.17) is 5.26 Å². The zero-order valence-electron chi connectivity index (χ0n) is 11.0. The second-order valence-corrected chi connectivity index (χ2v) is 6.55. The van der Waals surface area contributed by atoms with Gasteiger partial charge in [0.1, 0.15) is 21.8 Å². The summed E-state index contributed by atoms with van der Waals surface area (Å²) in [5.74, 6) is -0.0883. The van der Waals surface area contributed by atoms with Crippen LogP contribution in [0.2, 0.25) is 0 Å². The first-order valence-electron chi connectivity index (χ1n) is 5.92. The van der Waals surface area contributed by atoms with Crippen molar-refractivity contribution in [2.45, 2.75) is 6.54 Å². The Hall–Kier alpha value is -1.10. The van der Waals surface area contributed by atoms with Gasteiger partial charge in [-0.2, -0.15) is 5.26 Å². The van der Waals surface area contributed by atoms with Crippen LogP contribution in [-0.4, -0.2) is 17.5 Å². The van der Waals surface area contributed by atoms with Crippen LogP contribution >= 0.6 is 47.8 Å². The largest absolute Gasteiger partial charge is 0.318 e. The van der Waals surface area contributed by atoms with E-state index < -0.39 is 0 Å². The minimum atomic E-state index is -0.0883. The van der Waals surface area contributed by atoms with Crippen molar-refractivity contribution < 1.29 is 4.79 Å². The number of carbonyl (C=O) groups excluding carboxylic acids is 1. The zero-order valence-corrected chi connectivity index (χ0v) is 15.7. The molecule has 0 spiro atoms. The maximum atomic E-state index is 12.4. The minimum Gasteiger partial charge on any atom is -0.318 e. The van der Waals surface area contributed by atoms with Crippen LogP contribution in [0.1, 0.15) is 5.56 Å². The molecule has 21 heavy (non-hydrogen) atoms. The fraction of sp³-hybridized carbons (Fsp3) is 0.143. The molecule has 0 radical (unpaired) electrons. The lowest BCUT2D eigenvalue weighted by Gasteiger charge is -2.18. The molecule has 108 valence electrons. The second-order valence-electron chi connectivity index (χ2n) is 4.26. The van der Waals surface area contributed by atoms with Gasteiger partial charge < -0.3 is 9.47 Å². The van der Waals surface area contributed by atoms with Crippen LogP contribution in [0.25, 0.3) is 0 Å². The van der Waals surface area contributed by atoms with E-state index in [-0.39, 0.29) is 12.5 Å². The average molecular weight is 476 g/mol. The number of hydrogen-bond acceptors (Lipinski definition) is 2. The smallest absolute Gasteiger partial charge is 0.246 e. The van der Waals surface area contributed by atoms with Gasteiger partial charge in [0.2, 0.25) is 5.91 Å². The molecule has 1 amide bonds. The van der Waals surface area contributed by atoms with Crippen LogP contribution in [0.4, 0.5) is 5.69 Å². The lowest BCUT2D eigenvalue weighted by Crippen LogP contribution is -2.30. The molecular formula is C14H10Br3N3O. The first-order valence-corrected chi connectivity index (χ1v) is 8.30. The van der Waals surface area contributed by atoms with Gasteiger partial charge in [-0.05, 0) is 59.9 Å². The number of halogens is 3. The van der Waals surface area contributed by atoms with Gasteiger partial charge in [-0.15, -0.1) is 0 Å². The molecule has 0 N–H and O–H groups in total. The number of anilines is 1. The molecule has 1 heterocycles. The monoisotopic (exact) mass is 473 g/mol. The predicted molar refractivity (Wildman–Crippen MR) is 92.1 cm³/mol. The highest BCUT2D eigenvalue weighted by molar-refractivity contribution is 9.13. The highest BCUT2D eigenvalue weighted by Crippen LogP contribution is 2.35. The van der Waals surface area contributed by atoms with E-state index in [9.17, 15) is 4.79 Å². The van der Waals surface area contributed by atoms with Gasteiger partial charge in [0.25, 0.3) is 0 Å². The number of aromatic nitrogens is 1.